The molecule has 0 aromatic heterocycles. The summed E-state index contributed by atoms with van der Waals surface area (Å²) in [6, 6.07) is 16.5. The Kier molecular flexibility index (Phi) is 4.79. The Labute approximate surface area is 140 Å². The molecule has 0 aliphatic carbocycles. The van der Waals surface area contributed by atoms with Gasteiger partial charge in [-0.3, -0.25) is 0 Å². The zero-order valence-corrected chi connectivity index (χ0v) is 13.5. The summed E-state index contributed by atoms with van der Waals surface area (Å²) in [4.78, 5) is 25.4. The van der Waals surface area contributed by atoms with Gasteiger partial charge in [-0.1, -0.05) is 30.3 Å². The number of benzene rings is 2. The van der Waals surface area contributed by atoms with E-state index in [2.05, 4.69) is 16.9 Å². The Morgan fingerprint density at radius 3 is 2.42 bits per heavy atom. The highest BCUT2D eigenvalue weighted by Crippen LogP contribution is 2.27. The first kappa shape index (κ1) is 16.1. The van der Waals surface area contributed by atoms with Gasteiger partial charge in [-0.15, -0.1) is 0 Å². The van der Waals surface area contributed by atoms with Gasteiger partial charge in [0.25, 0.3) is 0 Å². The molecule has 1 amide bonds. The largest absolute Gasteiger partial charge is 0.465 e. The van der Waals surface area contributed by atoms with Crippen LogP contribution < -0.4 is 4.74 Å². The number of esters is 1. The van der Waals surface area contributed by atoms with Crippen molar-refractivity contribution in [3.8, 4) is 5.75 Å². The number of carbonyl (C=O) groups is 2. The summed E-state index contributed by atoms with van der Waals surface area (Å²) in [5, 5.41) is 0. The van der Waals surface area contributed by atoms with Crippen LogP contribution in [0.2, 0.25) is 0 Å². The molecule has 0 saturated carbocycles. The minimum absolute atomic E-state index is 0.348. The first-order valence-electron chi connectivity index (χ1n) is 7.87. The predicted molar refractivity (Wildman–Crippen MR) is 89.2 cm³/mol. The van der Waals surface area contributed by atoms with Crippen LogP contribution in [0.15, 0.2) is 54.6 Å². The number of ether oxygens (including phenoxy) is 2. The zero-order chi connectivity index (χ0) is 16.9. The van der Waals surface area contributed by atoms with Crippen LogP contribution in [0, 0.1) is 0 Å². The number of hydrogen-bond acceptors (Lipinski definition) is 4. The van der Waals surface area contributed by atoms with E-state index >= 15 is 0 Å². The summed E-state index contributed by atoms with van der Waals surface area (Å²) in [5.74, 6) is 0.342. The average molecular weight is 325 g/mol. The Morgan fingerprint density at radius 2 is 1.75 bits per heavy atom. The van der Waals surface area contributed by atoms with Gasteiger partial charge in [-0.2, -0.15) is 0 Å². The summed E-state index contributed by atoms with van der Waals surface area (Å²) in [6.45, 7) is 1.34. The number of methoxy groups -OCH3 is 1. The first-order chi connectivity index (χ1) is 11.7. The summed E-state index contributed by atoms with van der Waals surface area (Å²) in [7, 11) is 1.33. The Morgan fingerprint density at radius 1 is 1.04 bits per heavy atom. The lowest BCUT2D eigenvalue weighted by molar-refractivity contribution is 0.0600. The topological polar surface area (TPSA) is 55.8 Å². The fourth-order valence-electron chi connectivity index (χ4n) is 2.87. The van der Waals surface area contributed by atoms with E-state index in [4.69, 9.17) is 4.74 Å². The SMILES string of the molecule is COC(=O)c1ccc(OC(=O)N2CCC(c3ccccc3)C2)cc1. The molecule has 1 aliphatic rings. The number of likely N-dealkylation sites (tertiary alicyclic amines) is 1. The molecule has 0 spiro atoms. The van der Waals surface area contributed by atoms with Crippen LogP contribution in [0.4, 0.5) is 4.79 Å². The van der Waals surface area contributed by atoms with Gasteiger partial charge in [0.15, 0.2) is 0 Å². The van der Waals surface area contributed by atoms with E-state index in [1.165, 1.54) is 12.7 Å². The highest BCUT2D eigenvalue weighted by atomic mass is 16.6. The molecule has 5 nitrogen and oxygen atoms in total. The standard InChI is InChI=1S/C19H19NO4/c1-23-18(21)15-7-9-17(10-8-15)24-19(22)20-12-11-16(13-20)14-5-3-2-4-6-14/h2-10,16H,11-13H2,1H3. The van der Waals surface area contributed by atoms with Crippen LogP contribution in [0.1, 0.15) is 28.3 Å². The Bertz CT molecular complexity index is 712. The highest BCUT2D eigenvalue weighted by Gasteiger charge is 2.28. The quantitative estimate of drug-likeness (QED) is 0.811. The fourth-order valence-corrected chi connectivity index (χ4v) is 2.87. The molecule has 2 aromatic carbocycles. The van der Waals surface area contributed by atoms with Crippen LogP contribution in [0.25, 0.3) is 0 Å². The van der Waals surface area contributed by atoms with Crippen molar-refractivity contribution in [1.29, 1.82) is 0 Å². The van der Waals surface area contributed by atoms with Crippen molar-refractivity contribution < 1.29 is 19.1 Å². The van der Waals surface area contributed by atoms with E-state index in [0.29, 0.717) is 30.3 Å². The second-order valence-electron chi connectivity index (χ2n) is 5.73. The van der Waals surface area contributed by atoms with Crippen molar-refractivity contribution in [2.24, 2.45) is 0 Å². The van der Waals surface area contributed by atoms with Crippen LogP contribution in [0.5, 0.6) is 5.75 Å². The Balaban J connectivity index is 1.59. The van der Waals surface area contributed by atoms with Crippen LogP contribution in [-0.4, -0.2) is 37.2 Å². The molecule has 0 radical (unpaired) electrons. The van der Waals surface area contributed by atoms with Gasteiger partial charge in [-0.25, -0.2) is 9.59 Å². The predicted octanol–water partition coefficient (Wildman–Crippen LogP) is 3.46. The van der Waals surface area contributed by atoms with Gasteiger partial charge in [0, 0.05) is 19.0 Å². The van der Waals surface area contributed by atoms with Gasteiger partial charge in [0.2, 0.25) is 0 Å². The van der Waals surface area contributed by atoms with E-state index in [0.717, 1.165) is 6.42 Å². The van der Waals surface area contributed by atoms with Crippen molar-refractivity contribution in [2.45, 2.75) is 12.3 Å². The second-order valence-corrected chi connectivity index (χ2v) is 5.73. The van der Waals surface area contributed by atoms with Gasteiger partial charge in [-0.05, 0) is 36.2 Å². The van der Waals surface area contributed by atoms with E-state index in [1.807, 2.05) is 18.2 Å². The third kappa shape index (κ3) is 3.56. The third-order valence-corrected chi connectivity index (χ3v) is 4.20. The number of nitrogens with zero attached hydrogens (tertiary/aromatic N) is 1. The highest BCUT2D eigenvalue weighted by molar-refractivity contribution is 5.89. The molecule has 1 heterocycles. The van der Waals surface area contributed by atoms with Crippen molar-refractivity contribution in [1.82, 2.24) is 4.90 Å². The lowest BCUT2D eigenvalue weighted by Crippen LogP contribution is -2.31. The number of amides is 1. The molecule has 1 fully saturated rings. The zero-order valence-electron chi connectivity index (χ0n) is 13.5. The molecule has 1 atom stereocenters. The van der Waals surface area contributed by atoms with Gasteiger partial charge in [0.05, 0.1) is 12.7 Å². The number of hydrogen-bond donors (Lipinski definition) is 0. The minimum atomic E-state index is -0.418. The molecule has 0 N–H and O–H groups in total. The summed E-state index contributed by atoms with van der Waals surface area (Å²) >= 11 is 0. The molecule has 0 bridgehead atoms. The van der Waals surface area contributed by atoms with Crippen LogP contribution in [0.3, 0.4) is 0 Å². The lowest BCUT2D eigenvalue weighted by Gasteiger charge is -2.16. The van der Waals surface area contributed by atoms with E-state index in [-0.39, 0.29) is 6.09 Å². The molecule has 24 heavy (non-hydrogen) atoms. The Hall–Kier alpha value is -2.82. The molecule has 1 unspecified atom stereocenters. The first-order valence-corrected chi connectivity index (χ1v) is 7.87. The molecule has 2 aromatic rings. The maximum Gasteiger partial charge on any atom is 0.415 e. The van der Waals surface area contributed by atoms with Crippen LogP contribution >= 0.6 is 0 Å². The second kappa shape index (κ2) is 7.17. The van der Waals surface area contributed by atoms with E-state index < -0.39 is 5.97 Å². The fraction of sp³-hybridized carbons (Fsp3) is 0.263. The molecule has 124 valence electrons. The maximum absolute atomic E-state index is 12.3. The van der Waals surface area contributed by atoms with E-state index in [9.17, 15) is 9.59 Å². The van der Waals surface area contributed by atoms with Gasteiger partial charge >= 0.3 is 12.1 Å². The molecule has 1 saturated heterocycles. The van der Waals surface area contributed by atoms with Crippen molar-refractivity contribution in [2.75, 3.05) is 20.2 Å². The number of carbonyl (C=O) groups excluding carboxylic acids is 2. The van der Waals surface area contributed by atoms with E-state index in [1.54, 1.807) is 29.2 Å². The monoisotopic (exact) mass is 325 g/mol. The van der Waals surface area contributed by atoms with Crippen molar-refractivity contribution in [3.63, 3.8) is 0 Å². The molecule has 5 heteroatoms. The summed E-state index contributed by atoms with van der Waals surface area (Å²) in [6.07, 6.45) is 0.569. The molecular weight excluding hydrogens is 306 g/mol. The average Bonchev–Trinajstić information content (AvgIpc) is 3.13. The summed E-state index contributed by atoms with van der Waals surface area (Å²) in [5.41, 5.74) is 1.66. The van der Waals surface area contributed by atoms with Gasteiger partial charge < -0.3 is 14.4 Å². The van der Waals surface area contributed by atoms with Crippen molar-refractivity contribution >= 4 is 12.1 Å². The van der Waals surface area contributed by atoms with Crippen LogP contribution in [-0.2, 0) is 4.74 Å². The molecule has 1 aliphatic heterocycles. The van der Waals surface area contributed by atoms with Crippen molar-refractivity contribution in [3.05, 3.63) is 65.7 Å². The maximum atomic E-state index is 12.3. The van der Waals surface area contributed by atoms with Gasteiger partial charge in [0.1, 0.15) is 5.75 Å². The third-order valence-electron chi connectivity index (χ3n) is 4.20. The molecule has 3 rings (SSSR count). The summed E-state index contributed by atoms with van der Waals surface area (Å²) < 4.78 is 10.0. The normalized spacial score (nSPS) is 16.7. The smallest absolute Gasteiger partial charge is 0.415 e. The molecular formula is C19H19NO4. The minimum Gasteiger partial charge on any atom is -0.465 e. The lowest BCUT2D eigenvalue weighted by atomic mass is 9.99. The number of rotatable bonds is 3.